The molecular formula is C13H8ClNO6S. The number of hydrogen-bond acceptors (Lipinski definition) is 5. The van der Waals surface area contributed by atoms with Crippen molar-refractivity contribution in [1.29, 1.82) is 0 Å². The SMILES string of the molecule is O=C(O)c1ccc(S(=O)(=O)c2ccccc2Cl)c([N+](=O)[O-])c1. The molecule has 0 aliphatic heterocycles. The number of carboxylic acid groups (broad SMARTS) is 1. The molecule has 0 aliphatic carbocycles. The summed E-state index contributed by atoms with van der Waals surface area (Å²) in [5, 5.41) is 19.8. The lowest BCUT2D eigenvalue weighted by atomic mass is 10.2. The predicted molar refractivity (Wildman–Crippen MR) is 77.0 cm³/mol. The number of nitro benzene ring substituents is 1. The van der Waals surface area contributed by atoms with Gasteiger partial charge < -0.3 is 5.11 Å². The van der Waals surface area contributed by atoms with E-state index < -0.39 is 31.3 Å². The molecular weight excluding hydrogens is 334 g/mol. The zero-order chi connectivity index (χ0) is 16.5. The second-order valence-corrected chi connectivity index (χ2v) is 6.47. The lowest BCUT2D eigenvalue weighted by Crippen LogP contribution is -2.08. The van der Waals surface area contributed by atoms with Gasteiger partial charge >= 0.3 is 5.97 Å². The van der Waals surface area contributed by atoms with Gasteiger partial charge in [-0.1, -0.05) is 23.7 Å². The highest BCUT2D eigenvalue weighted by atomic mass is 35.5. The van der Waals surface area contributed by atoms with Gasteiger partial charge in [-0.05, 0) is 24.3 Å². The Bertz CT molecular complexity index is 878. The summed E-state index contributed by atoms with van der Waals surface area (Å²) in [5.41, 5.74) is -1.20. The number of hydrogen-bond donors (Lipinski definition) is 1. The number of nitrogens with zero attached hydrogens (tertiary/aromatic N) is 1. The highest BCUT2D eigenvalue weighted by Crippen LogP contribution is 2.33. The zero-order valence-corrected chi connectivity index (χ0v) is 12.3. The Hall–Kier alpha value is -2.45. The minimum atomic E-state index is -4.25. The third kappa shape index (κ3) is 2.78. The van der Waals surface area contributed by atoms with Crippen LogP contribution >= 0.6 is 11.6 Å². The van der Waals surface area contributed by atoms with Crippen molar-refractivity contribution in [3.63, 3.8) is 0 Å². The summed E-state index contributed by atoms with van der Waals surface area (Å²) < 4.78 is 25.0. The highest BCUT2D eigenvalue weighted by molar-refractivity contribution is 7.91. The number of sulfone groups is 1. The third-order valence-corrected chi connectivity index (χ3v) is 5.12. The van der Waals surface area contributed by atoms with Crippen molar-refractivity contribution >= 4 is 33.1 Å². The molecule has 9 heteroatoms. The van der Waals surface area contributed by atoms with Crippen molar-refractivity contribution in [3.05, 3.63) is 63.2 Å². The molecule has 0 amide bonds. The van der Waals surface area contributed by atoms with Crippen LogP contribution in [0.25, 0.3) is 0 Å². The van der Waals surface area contributed by atoms with Crippen molar-refractivity contribution in [2.24, 2.45) is 0 Å². The maximum atomic E-state index is 12.5. The standard InChI is InChI=1S/C13H8ClNO6S/c14-9-3-1-2-4-11(9)22(20,21)12-6-5-8(13(16)17)7-10(12)15(18)19/h1-7H,(H,16,17). The van der Waals surface area contributed by atoms with Crippen LogP contribution in [0.2, 0.25) is 5.02 Å². The summed E-state index contributed by atoms with van der Waals surface area (Å²) in [6.45, 7) is 0. The van der Waals surface area contributed by atoms with Crippen molar-refractivity contribution in [2.45, 2.75) is 9.79 Å². The molecule has 0 aromatic heterocycles. The first-order chi connectivity index (χ1) is 10.2. The van der Waals surface area contributed by atoms with Gasteiger partial charge in [-0.15, -0.1) is 0 Å². The summed E-state index contributed by atoms with van der Waals surface area (Å²) in [6.07, 6.45) is 0. The predicted octanol–water partition coefficient (Wildman–Crippen LogP) is 2.78. The van der Waals surface area contributed by atoms with Crippen molar-refractivity contribution < 1.29 is 23.2 Å². The highest BCUT2D eigenvalue weighted by Gasteiger charge is 2.30. The molecule has 22 heavy (non-hydrogen) atoms. The summed E-state index contributed by atoms with van der Waals surface area (Å²) in [6, 6.07) is 8.07. The first-order valence-corrected chi connectivity index (χ1v) is 7.62. The number of benzene rings is 2. The van der Waals surface area contributed by atoms with Crippen molar-refractivity contribution in [2.75, 3.05) is 0 Å². The number of nitro groups is 1. The normalized spacial score (nSPS) is 11.1. The van der Waals surface area contributed by atoms with E-state index in [1.807, 2.05) is 0 Å². The zero-order valence-electron chi connectivity index (χ0n) is 10.8. The Labute approximate surface area is 129 Å². The van der Waals surface area contributed by atoms with E-state index in [1.165, 1.54) is 24.3 Å². The average molecular weight is 342 g/mol. The lowest BCUT2D eigenvalue weighted by molar-refractivity contribution is -0.387. The molecule has 2 aromatic rings. The van der Waals surface area contributed by atoms with Crippen LogP contribution in [0.4, 0.5) is 5.69 Å². The van der Waals surface area contributed by atoms with Gasteiger partial charge in [0.25, 0.3) is 5.69 Å². The Morgan fingerprint density at radius 3 is 2.32 bits per heavy atom. The van der Waals surface area contributed by atoms with Gasteiger partial charge in [0.2, 0.25) is 9.84 Å². The lowest BCUT2D eigenvalue weighted by Gasteiger charge is -2.07. The third-order valence-electron chi connectivity index (χ3n) is 2.82. The minimum Gasteiger partial charge on any atom is -0.478 e. The van der Waals surface area contributed by atoms with Gasteiger partial charge in [0.1, 0.15) is 4.90 Å². The first kappa shape index (κ1) is 15.9. The van der Waals surface area contributed by atoms with Crippen LogP contribution in [0.5, 0.6) is 0 Å². The Morgan fingerprint density at radius 2 is 1.77 bits per heavy atom. The molecule has 0 atom stereocenters. The summed E-state index contributed by atoms with van der Waals surface area (Å²) in [7, 11) is -4.25. The van der Waals surface area contributed by atoms with E-state index in [0.29, 0.717) is 6.07 Å². The Kier molecular flexibility index (Phi) is 4.16. The van der Waals surface area contributed by atoms with Crippen LogP contribution in [-0.2, 0) is 9.84 Å². The number of rotatable bonds is 4. The molecule has 0 saturated heterocycles. The minimum absolute atomic E-state index is 0.0842. The van der Waals surface area contributed by atoms with Gasteiger partial charge in [0.05, 0.1) is 20.4 Å². The fourth-order valence-electron chi connectivity index (χ4n) is 1.80. The maximum absolute atomic E-state index is 12.5. The van der Waals surface area contributed by atoms with Gasteiger partial charge in [0.15, 0.2) is 0 Å². The summed E-state index contributed by atoms with van der Waals surface area (Å²) >= 11 is 5.83. The molecule has 0 bridgehead atoms. The van der Waals surface area contributed by atoms with Crippen LogP contribution in [0.3, 0.4) is 0 Å². The fraction of sp³-hybridized carbons (Fsp3) is 0. The first-order valence-electron chi connectivity index (χ1n) is 5.76. The van der Waals surface area contributed by atoms with Crippen molar-refractivity contribution in [1.82, 2.24) is 0 Å². The van der Waals surface area contributed by atoms with Crippen LogP contribution in [0.15, 0.2) is 52.3 Å². The van der Waals surface area contributed by atoms with E-state index in [2.05, 4.69) is 0 Å². The molecule has 2 rings (SSSR count). The van der Waals surface area contributed by atoms with Crippen LogP contribution < -0.4 is 0 Å². The van der Waals surface area contributed by atoms with Crippen LogP contribution in [0, 0.1) is 10.1 Å². The topological polar surface area (TPSA) is 115 Å². The largest absolute Gasteiger partial charge is 0.478 e. The van der Waals surface area contributed by atoms with Crippen LogP contribution in [0.1, 0.15) is 10.4 Å². The van der Waals surface area contributed by atoms with Gasteiger partial charge in [-0.2, -0.15) is 0 Å². The van der Waals surface area contributed by atoms with E-state index in [4.69, 9.17) is 16.7 Å². The fourth-order valence-corrected chi connectivity index (χ4v) is 3.72. The molecule has 2 aromatic carbocycles. The van der Waals surface area contributed by atoms with Crippen molar-refractivity contribution in [3.8, 4) is 0 Å². The summed E-state index contributed by atoms with van der Waals surface area (Å²) in [4.78, 5) is 20.1. The molecule has 0 unspecified atom stereocenters. The molecule has 114 valence electrons. The molecule has 1 N–H and O–H groups in total. The van der Waals surface area contributed by atoms with Gasteiger partial charge in [-0.3, -0.25) is 10.1 Å². The van der Waals surface area contributed by atoms with E-state index in [-0.39, 0.29) is 15.5 Å². The number of halogens is 1. The molecule has 0 saturated carbocycles. The molecule has 0 heterocycles. The summed E-state index contributed by atoms with van der Waals surface area (Å²) in [5.74, 6) is -1.40. The van der Waals surface area contributed by atoms with Crippen LogP contribution in [-0.4, -0.2) is 24.4 Å². The van der Waals surface area contributed by atoms with Gasteiger partial charge in [0, 0.05) is 6.07 Å². The van der Waals surface area contributed by atoms with E-state index in [0.717, 1.165) is 12.1 Å². The molecule has 0 radical (unpaired) electrons. The second-order valence-electron chi connectivity index (χ2n) is 4.18. The second kappa shape index (κ2) is 5.74. The molecule has 7 nitrogen and oxygen atoms in total. The number of aromatic carboxylic acids is 1. The van der Waals surface area contributed by atoms with E-state index in [9.17, 15) is 23.3 Å². The van der Waals surface area contributed by atoms with E-state index >= 15 is 0 Å². The number of carbonyl (C=O) groups is 1. The van der Waals surface area contributed by atoms with Gasteiger partial charge in [-0.25, -0.2) is 13.2 Å². The number of carboxylic acids is 1. The maximum Gasteiger partial charge on any atom is 0.335 e. The average Bonchev–Trinajstić information content (AvgIpc) is 2.46. The molecule has 0 aliphatic rings. The Balaban J connectivity index is 2.74. The smallest absolute Gasteiger partial charge is 0.335 e. The molecule has 0 fully saturated rings. The quantitative estimate of drug-likeness (QED) is 0.675. The molecule has 0 spiro atoms. The van der Waals surface area contributed by atoms with E-state index in [1.54, 1.807) is 0 Å². The Morgan fingerprint density at radius 1 is 1.14 bits per heavy atom. The monoisotopic (exact) mass is 341 g/mol.